The Hall–Kier alpha value is -3.02. The van der Waals surface area contributed by atoms with Crippen LogP contribution in [-0.4, -0.2) is 18.4 Å². The number of halogens is 2. The molecule has 0 heterocycles. The third kappa shape index (κ3) is 6.24. The van der Waals surface area contributed by atoms with Gasteiger partial charge in [0.05, 0.1) is 11.6 Å². The minimum absolute atomic E-state index is 0.193. The van der Waals surface area contributed by atoms with Gasteiger partial charge in [0.1, 0.15) is 5.75 Å². The van der Waals surface area contributed by atoms with Gasteiger partial charge >= 0.3 is 0 Å². The fraction of sp³-hybridized carbons (Fsp3) is 0.130. The Balaban J connectivity index is 1.39. The maximum Gasteiger partial charge on any atom is 0.269 e. The standard InChI is InChI=1S/C23H20Cl2N2O3/c24-19-12-13-21(20(25)15-19)30-14-4-7-22(28)26-27-23(29)18-10-8-17(9-11-18)16-5-2-1-3-6-16/h1-3,5-6,8-13,15H,4,7,14H2,(H,26,28)(H,27,29). The Morgan fingerprint density at radius 3 is 2.23 bits per heavy atom. The monoisotopic (exact) mass is 442 g/mol. The lowest BCUT2D eigenvalue weighted by Gasteiger charge is -2.10. The van der Waals surface area contributed by atoms with Crippen LogP contribution >= 0.6 is 23.2 Å². The van der Waals surface area contributed by atoms with Gasteiger partial charge < -0.3 is 4.74 Å². The average Bonchev–Trinajstić information content (AvgIpc) is 2.77. The van der Waals surface area contributed by atoms with Crippen molar-refractivity contribution in [3.05, 3.63) is 88.4 Å². The molecule has 154 valence electrons. The Labute approximate surface area is 184 Å². The highest BCUT2D eigenvalue weighted by atomic mass is 35.5. The fourth-order valence-corrected chi connectivity index (χ4v) is 3.18. The molecule has 0 saturated carbocycles. The van der Waals surface area contributed by atoms with Gasteiger partial charge in [0.15, 0.2) is 0 Å². The first kappa shape index (κ1) is 21.7. The van der Waals surface area contributed by atoms with Crippen molar-refractivity contribution in [2.75, 3.05) is 6.61 Å². The van der Waals surface area contributed by atoms with E-state index in [0.717, 1.165) is 11.1 Å². The summed E-state index contributed by atoms with van der Waals surface area (Å²) in [6.07, 6.45) is 0.658. The van der Waals surface area contributed by atoms with Crippen molar-refractivity contribution >= 4 is 35.0 Å². The number of carbonyl (C=O) groups excluding carboxylic acids is 2. The summed E-state index contributed by atoms with van der Waals surface area (Å²) in [5.74, 6) is -0.184. The quantitative estimate of drug-likeness (QED) is 0.386. The SMILES string of the molecule is O=C(CCCOc1ccc(Cl)cc1Cl)NNC(=O)c1ccc(-c2ccccc2)cc1. The highest BCUT2D eigenvalue weighted by Crippen LogP contribution is 2.27. The maximum absolute atomic E-state index is 12.2. The van der Waals surface area contributed by atoms with E-state index < -0.39 is 0 Å². The minimum Gasteiger partial charge on any atom is -0.492 e. The number of ether oxygens (including phenoxy) is 1. The number of hydrogen-bond acceptors (Lipinski definition) is 3. The molecule has 0 aliphatic carbocycles. The normalized spacial score (nSPS) is 10.3. The zero-order valence-electron chi connectivity index (χ0n) is 16.0. The molecule has 0 aromatic heterocycles. The number of amides is 2. The Morgan fingerprint density at radius 1 is 0.833 bits per heavy atom. The van der Waals surface area contributed by atoms with Crippen molar-refractivity contribution in [1.82, 2.24) is 10.9 Å². The van der Waals surface area contributed by atoms with E-state index in [9.17, 15) is 9.59 Å². The minimum atomic E-state index is -0.382. The van der Waals surface area contributed by atoms with Crippen LogP contribution in [0, 0.1) is 0 Å². The molecule has 0 saturated heterocycles. The lowest BCUT2D eigenvalue weighted by Crippen LogP contribution is -2.41. The molecular weight excluding hydrogens is 423 g/mol. The summed E-state index contributed by atoms with van der Waals surface area (Å²) in [6.45, 7) is 0.309. The van der Waals surface area contributed by atoms with E-state index in [4.69, 9.17) is 27.9 Å². The summed E-state index contributed by atoms with van der Waals surface area (Å²) in [7, 11) is 0. The zero-order valence-corrected chi connectivity index (χ0v) is 17.5. The van der Waals surface area contributed by atoms with Crippen LogP contribution in [0.2, 0.25) is 10.0 Å². The highest BCUT2D eigenvalue weighted by Gasteiger charge is 2.08. The molecule has 5 nitrogen and oxygen atoms in total. The predicted octanol–water partition coefficient (Wildman–Crippen LogP) is 5.28. The second-order valence-electron chi connectivity index (χ2n) is 6.47. The third-order valence-corrected chi connectivity index (χ3v) is 4.80. The smallest absolute Gasteiger partial charge is 0.269 e. The summed E-state index contributed by atoms with van der Waals surface area (Å²) < 4.78 is 5.53. The molecule has 0 unspecified atom stereocenters. The summed E-state index contributed by atoms with van der Waals surface area (Å²) in [5.41, 5.74) is 7.36. The van der Waals surface area contributed by atoms with Crippen LogP contribution in [0.15, 0.2) is 72.8 Å². The van der Waals surface area contributed by atoms with Crippen LogP contribution < -0.4 is 15.6 Å². The molecule has 2 amide bonds. The molecular formula is C23H20Cl2N2O3. The number of rotatable bonds is 7. The lowest BCUT2D eigenvalue weighted by molar-refractivity contribution is -0.122. The number of hydrogen-bond donors (Lipinski definition) is 2. The van der Waals surface area contributed by atoms with E-state index in [1.807, 2.05) is 42.5 Å². The van der Waals surface area contributed by atoms with E-state index in [1.165, 1.54) is 0 Å². The number of carbonyl (C=O) groups is 2. The molecule has 7 heteroatoms. The number of benzene rings is 3. The van der Waals surface area contributed by atoms with E-state index >= 15 is 0 Å². The zero-order chi connectivity index (χ0) is 21.3. The van der Waals surface area contributed by atoms with Crippen molar-refractivity contribution in [3.63, 3.8) is 0 Å². The molecule has 0 fully saturated rings. The van der Waals surface area contributed by atoms with Crippen LogP contribution in [0.25, 0.3) is 11.1 Å². The fourth-order valence-electron chi connectivity index (χ4n) is 2.71. The molecule has 0 aliphatic rings. The molecule has 3 aromatic carbocycles. The van der Waals surface area contributed by atoms with Gasteiger partial charge in [0.25, 0.3) is 5.91 Å². The van der Waals surface area contributed by atoms with Crippen LogP contribution in [0.1, 0.15) is 23.2 Å². The third-order valence-electron chi connectivity index (χ3n) is 4.27. The second-order valence-corrected chi connectivity index (χ2v) is 7.32. The van der Waals surface area contributed by atoms with Gasteiger partial charge in [-0.05, 0) is 47.9 Å². The van der Waals surface area contributed by atoms with Crippen molar-refractivity contribution in [3.8, 4) is 16.9 Å². The summed E-state index contributed by atoms with van der Waals surface area (Å²) in [6, 6.07) is 22.0. The van der Waals surface area contributed by atoms with Crippen molar-refractivity contribution in [1.29, 1.82) is 0 Å². The molecule has 2 N–H and O–H groups in total. The summed E-state index contributed by atoms with van der Waals surface area (Å²) in [5, 5.41) is 0.940. The molecule has 3 aromatic rings. The molecule has 30 heavy (non-hydrogen) atoms. The van der Waals surface area contributed by atoms with Crippen molar-refractivity contribution in [2.45, 2.75) is 12.8 Å². The first-order valence-electron chi connectivity index (χ1n) is 9.35. The lowest BCUT2D eigenvalue weighted by atomic mass is 10.0. The first-order valence-corrected chi connectivity index (χ1v) is 10.1. The van der Waals surface area contributed by atoms with Gasteiger partial charge in [0.2, 0.25) is 5.91 Å². The van der Waals surface area contributed by atoms with E-state index in [2.05, 4.69) is 10.9 Å². The van der Waals surface area contributed by atoms with E-state index in [0.29, 0.717) is 34.4 Å². The molecule has 0 aliphatic heterocycles. The van der Waals surface area contributed by atoms with Crippen LogP contribution in [-0.2, 0) is 4.79 Å². The van der Waals surface area contributed by atoms with Gasteiger partial charge in [-0.1, -0.05) is 65.7 Å². The van der Waals surface area contributed by atoms with E-state index in [1.54, 1.807) is 30.3 Å². The van der Waals surface area contributed by atoms with Crippen LogP contribution in [0.4, 0.5) is 0 Å². The summed E-state index contributed by atoms with van der Waals surface area (Å²) >= 11 is 11.9. The molecule has 3 rings (SSSR count). The van der Waals surface area contributed by atoms with Gasteiger partial charge in [-0.25, -0.2) is 0 Å². The largest absolute Gasteiger partial charge is 0.492 e. The van der Waals surface area contributed by atoms with Gasteiger partial charge in [0, 0.05) is 17.0 Å². The first-order chi connectivity index (χ1) is 14.5. The molecule has 0 radical (unpaired) electrons. The molecule has 0 spiro atoms. The Bertz CT molecular complexity index is 1010. The molecule has 0 bridgehead atoms. The van der Waals surface area contributed by atoms with Crippen LogP contribution in [0.3, 0.4) is 0 Å². The Morgan fingerprint density at radius 2 is 1.53 bits per heavy atom. The number of hydrazine groups is 1. The highest BCUT2D eigenvalue weighted by molar-refractivity contribution is 6.35. The molecule has 0 atom stereocenters. The van der Waals surface area contributed by atoms with Gasteiger partial charge in [-0.2, -0.15) is 0 Å². The van der Waals surface area contributed by atoms with Crippen molar-refractivity contribution in [2.24, 2.45) is 0 Å². The Kier molecular flexibility index (Phi) is 7.71. The number of nitrogens with one attached hydrogen (secondary N) is 2. The van der Waals surface area contributed by atoms with Gasteiger partial charge in [-0.15, -0.1) is 0 Å². The van der Waals surface area contributed by atoms with E-state index in [-0.39, 0.29) is 18.2 Å². The average molecular weight is 443 g/mol. The predicted molar refractivity (Wildman–Crippen MR) is 119 cm³/mol. The van der Waals surface area contributed by atoms with Crippen LogP contribution in [0.5, 0.6) is 5.75 Å². The maximum atomic E-state index is 12.2. The second kappa shape index (κ2) is 10.7. The van der Waals surface area contributed by atoms with Crippen molar-refractivity contribution < 1.29 is 14.3 Å². The summed E-state index contributed by atoms with van der Waals surface area (Å²) in [4.78, 5) is 24.1. The topological polar surface area (TPSA) is 67.4 Å². The van der Waals surface area contributed by atoms with Gasteiger partial charge in [-0.3, -0.25) is 20.4 Å².